The molecule has 1 aromatic rings. The minimum Gasteiger partial charge on any atom is -0.356 e. The fraction of sp³-hybridized carbons (Fsp3) is 0.500. The molecule has 0 heterocycles. The Hall–Kier alpha value is -1.31. The maximum Gasteiger partial charge on any atom is 0.216 e. The number of amides is 1. The van der Waals surface area contributed by atoms with Crippen molar-refractivity contribution in [2.75, 3.05) is 6.54 Å². The predicted octanol–water partition coefficient (Wildman–Crippen LogP) is 2.56. The first-order chi connectivity index (χ1) is 7.58. The van der Waals surface area contributed by atoms with Crippen LogP contribution in [-0.2, 0) is 17.6 Å². The van der Waals surface area contributed by atoms with E-state index in [4.69, 9.17) is 0 Å². The van der Waals surface area contributed by atoms with Crippen molar-refractivity contribution in [1.82, 2.24) is 5.32 Å². The maximum atomic E-state index is 10.7. The number of carbonyl (C=O) groups excluding carboxylic acids is 1. The zero-order chi connectivity index (χ0) is 12.0. The van der Waals surface area contributed by atoms with Crippen molar-refractivity contribution < 1.29 is 4.79 Å². The third-order valence-corrected chi connectivity index (χ3v) is 2.45. The summed E-state index contributed by atoms with van der Waals surface area (Å²) in [6.45, 7) is 6.72. The number of hydrogen-bond donors (Lipinski definition) is 1. The van der Waals surface area contributed by atoms with Gasteiger partial charge in [-0.05, 0) is 29.9 Å². The van der Waals surface area contributed by atoms with Crippen molar-refractivity contribution in [3.8, 4) is 0 Å². The molecule has 2 nitrogen and oxygen atoms in total. The van der Waals surface area contributed by atoms with Gasteiger partial charge in [0, 0.05) is 13.5 Å². The molecule has 0 saturated carbocycles. The summed E-state index contributed by atoms with van der Waals surface area (Å²) in [5.41, 5.74) is 2.67. The van der Waals surface area contributed by atoms with Gasteiger partial charge < -0.3 is 5.32 Å². The first kappa shape index (κ1) is 12.8. The molecule has 0 radical (unpaired) electrons. The van der Waals surface area contributed by atoms with Crippen molar-refractivity contribution in [2.24, 2.45) is 5.92 Å². The van der Waals surface area contributed by atoms with Crippen LogP contribution in [0.2, 0.25) is 0 Å². The minimum absolute atomic E-state index is 0.0384. The van der Waals surface area contributed by atoms with Crippen molar-refractivity contribution in [3.63, 3.8) is 0 Å². The van der Waals surface area contributed by atoms with E-state index in [-0.39, 0.29) is 5.91 Å². The second-order valence-corrected chi connectivity index (χ2v) is 4.65. The van der Waals surface area contributed by atoms with E-state index in [1.165, 1.54) is 11.1 Å². The first-order valence-electron chi connectivity index (χ1n) is 5.90. The van der Waals surface area contributed by atoms with E-state index in [1.54, 1.807) is 6.92 Å². The van der Waals surface area contributed by atoms with Crippen LogP contribution in [0.15, 0.2) is 24.3 Å². The third kappa shape index (κ3) is 4.96. The van der Waals surface area contributed by atoms with Crippen LogP contribution in [-0.4, -0.2) is 12.5 Å². The van der Waals surface area contributed by atoms with Gasteiger partial charge in [0.05, 0.1) is 0 Å². The SMILES string of the molecule is CC(=O)NCCc1ccc(CC(C)C)cc1. The van der Waals surface area contributed by atoms with E-state index in [0.29, 0.717) is 5.92 Å². The van der Waals surface area contributed by atoms with Gasteiger partial charge in [-0.1, -0.05) is 38.1 Å². The van der Waals surface area contributed by atoms with Gasteiger partial charge in [-0.3, -0.25) is 4.79 Å². The summed E-state index contributed by atoms with van der Waals surface area (Å²) >= 11 is 0. The monoisotopic (exact) mass is 219 g/mol. The molecule has 0 aliphatic rings. The molecule has 1 N–H and O–H groups in total. The van der Waals surface area contributed by atoms with Crippen molar-refractivity contribution in [3.05, 3.63) is 35.4 Å². The van der Waals surface area contributed by atoms with Crippen LogP contribution in [0.1, 0.15) is 31.9 Å². The van der Waals surface area contributed by atoms with Gasteiger partial charge in [0.25, 0.3) is 0 Å². The highest BCUT2D eigenvalue weighted by Crippen LogP contribution is 2.09. The van der Waals surface area contributed by atoms with Crippen LogP contribution >= 0.6 is 0 Å². The molecule has 0 saturated heterocycles. The summed E-state index contributed by atoms with van der Waals surface area (Å²) in [6, 6.07) is 8.67. The Morgan fingerprint density at radius 2 is 1.75 bits per heavy atom. The quantitative estimate of drug-likeness (QED) is 0.810. The summed E-state index contributed by atoms with van der Waals surface area (Å²) in [4.78, 5) is 10.7. The van der Waals surface area contributed by atoms with E-state index >= 15 is 0 Å². The summed E-state index contributed by atoms with van der Waals surface area (Å²) in [5, 5.41) is 2.80. The number of carbonyl (C=O) groups is 1. The molecule has 0 aliphatic carbocycles. The molecule has 2 heteroatoms. The molecule has 0 fully saturated rings. The molecular weight excluding hydrogens is 198 g/mol. The Kier molecular flexibility index (Phi) is 5.03. The average molecular weight is 219 g/mol. The Morgan fingerprint density at radius 3 is 2.25 bits per heavy atom. The van der Waals surface area contributed by atoms with Crippen LogP contribution in [0.4, 0.5) is 0 Å². The second-order valence-electron chi connectivity index (χ2n) is 4.65. The average Bonchev–Trinajstić information content (AvgIpc) is 2.19. The number of benzene rings is 1. The van der Waals surface area contributed by atoms with Crippen molar-refractivity contribution >= 4 is 5.91 Å². The zero-order valence-corrected chi connectivity index (χ0v) is 10.4. The summed E-state index contributed by atoms with van der Waals surface area (Å²) in [7, 11) is 0. The van der Waals surface area contributed by atoms with Gasteiger partial charge in [0.15, 0.2) is 0 Å². The lowest BCUT2D eigenvalue weighted by Gasteiger charge is -2.06. The van der Waals surface area contributed by atoms with Crippen molar-refractivity contribution in [1.29, 1.82) is 0 Å². The smallest absolute Gasteiger partial charge is 0.216 e. The third-order valence-electron chi connectivity index (χ3n) is 2.45. The zero-order valence-electron chi connectivity index (χ0n) is 10.4. The van der Waals surface area contributed by atoms with Crippen molar-refractivity contribution in [2.45, 2.75) is 33.6 Å². The van der Waals surface area contributed by atoms with E-state index in [9.17, 15) is 4.79 Å². The lowest BCUT2D eigenvalue weighted by Crippen LogP contribution is -2.22. The largest absolute Gasteiger partial charge is 0.356 e. The van der Waals surface area contributed by atoms with Gasteiger partial charge >= 0.3 is 0 Å². The molecule has 0 bridgehead atoms. The number of rotatable bonds is 5. The Balaban J connectivity index is 2.42. The van der Waals surface area contributed by atoms with E-state index in [1.807, 2.05) is 0 Å². The van der Waals surface area contributed by atoms with Crippen LogP contribution in [0.3, 0.4) is 0 Å². The highest BCUT2D eigenvalue weighted by molar-refractivity contribution is 5.72. The molecule has 1 aromatic carbocycles. The van der Waals surface area contributed by atoms with Crippen LogP contribution < -0.4 is 5.32 Å². The predicted molar refractivity (Wildman–Crippen MR) is 67.4 cm³/mol. The van der Waals surface area contributed by atoms with Gasteiger partial charge in [0.2, 0.25) is 5.91 Å². The Bertz CT molecular complexity index is 327. The number of nitrogens with one attached hydrogen (secondary N) is 1. The summed E-state index contributed by atoms with van der Waals surface area (Å²) < 4.78 is 0. The van der Waals surface area contributed by atoms with Crippen LogP contribution in [0.25, 0.3) is 0 Å². The van der Waals surface area contributed by atoms with Gasteiger partial charge in [-0.25, -0.2) is 0 Å². The molecule has 0 atom stereocenters. The minimum atomic E-state index is 0.0384. The normalized spacial score (nSPS) is 10.5. The summed E-state index contributed by atoms with van der Waals surface area (Å²) in [6.07, 6.45) is 2.04. The lowest BCUT2D eigenvalue weighted by atomic mass is 10.0. The van der Waals surface area contributed by atoms with Crippen LogP contribution in [0, 0.1) is 5.92 Å². The molecule has 0 aromatic heterocycles. The fourth-order valence-corrected chi connectivity index (χ4v) is 1.70. The van der Waals surface area contributed by atoms with Gasteiger partial charge in [-0.15, -0.1) is 0 Å². The molecule has 0 spiro atoms. The number of hydrogen-bond acceptors (Lipinski definition) is 1. The molecule has 0 unspecified atom stereocenters. The fourth-order valence-electron chi connectivity index (χ4n) is 1.70. The molecule has 1 amide bonds. The van der Waals surface area contributed by atoms with E-state index in [0.717, 1.165) is 19.4 Å². The molecule has 0 aliphatic heterocycles. The molecular formula is C14H21NO. The van der Waals surface area contributed by atoms with Gasteiger partial charge in [0.1, 0.15) is 0 Å². The Morgan fingerprint density at radius 1 is 1.19 bits per heavy atom. The second kappa shape index (κ2) is 6.31. The lowest BCUT2D eigenvalue weighted by molar-refractivity contribution is -0.118. The molecule has 16 heavy (non-hydrogen) atoms. The Labute approximate surface area is 98.1 Å². The highest BCUT2D eigenvalue weighted by Gasteiger charge is 1.98. The van der Waals surface area contributed by atoms with E-state index < -0.39 is 0 Å². The first-order valence-corrected chi connectivity index (χ1v) is 5.90. The highest BCUT2D eigenvalue weighted by atomic mass is 16.1. The summed E-state index contributed by atoms with van der Waals surface area (Å²) in [5.74, 6) is 0.738. The van der Waals surface area contributed by atoms with Gasteiger partial charge in [-0.2, -0.15) is 0 Å². The topological polar surface area (TPSA) is 29.1 Å². The standard InChI is InChI=1S/C14H21NO/c1-11(2)10-14-6-4-13(5-7-14)8-9-15-12(3)16/h4-7,11H,8-10H2,1-3H3,(H,15,16). The van der Waals surface area contributed by atoms with E-state index in [2.05, 4.69) is 43.4 Å². The molecule has 1 rings (SSSR count). The van der Waals surface area contributed by atoms with Crippen LogP contribution in [0.5, 0.6) is 0 Å². The molecule has 88 valence electrons. The maximum absolute atomic E-state index is 10.7.